The molecule has 0 amide bonds. The zero-order valence-corrected chi connectivity index (χ0v) is 23.5. The fourth-order valence-electron chi connectivity index (χ4n) is 4.77. The SMILES string of the molecule is CCCCc1nc(O)c(S(=O)(=O)c2ccc(-c3ccnc(F)c3C)cc2)c(=O)n1[C@@H](CC)c1ccc(F)c(C#N)c1. The Bertz CT molecular complexity index is 1810. The fourth-order valence-corrected chi connectivity index (χ4v) is 6.12. The van der Waals surface area contributed by atoms with Gasteiger partial charge in [-0.05, 0) is 66.8 Å². The second-order valence-electron chi connectivity index (χ2n) is 9.54. The third-order valence-electron chi connectivity index (χ3n) is 6.96. The molecule has 0 saturated carbocycles. The molecule has 8 nitrogen and oxygen atoms in total. The number of rotatable bonds is 9. The molecule has 0 saturated heterocycles. The quantitative estimate of drug-likeness (QED) is 0.255. The van der Waals surface area contributed by atoms with E-state index in [4.69, 9.17) is 0 Å². The number of benzene rings is 2. The van der Waals surface area contributed by atoms with Crippen LogP contribution in [-0.2, 0) is 16.3 Å². The van der Waals surface area contributed by atoms with Gasteiger partial charge in [-0.15, -0.1) is 0 Å². The van der Waals surface area contributed by atoms with Crippen LogP contribution in [0.5, 0.6) is 5.88 Å². The summed E-state index contributed by atoms with van der Waals surface area (Å²) in [6.45, 7) is 5.25. The van der Waals surface area contributed by atoms with Gasteiger partial charge >= 0.3 is 0 Å². The predicted molar refractivity (Wildman–Crippen MR) is 148 cm³/mol. The molecule has 11 heteroatoms. The molecule has 212 valence electrons. The lowest BCUT2D eigenvalue weighted by molar-refractivity contribution is 0.406. The summed E-state index contributed by atoms with van der Waals surface area (Å²) < 4.78 is 56.7. The van der Waals surface area contributed by atoms with Crippen molar-refractivity contribution in [3.05, 3.63) is 99.4 Å². The Labute approximate surface area is 236 Å². The molecule has 2 heterocycles. The molecule has 0 unspecified atom stereocenters. The van der Waals surface area contributed by atoms with E-state index in [1.165, 1.54) is 47.2 Å². The van der Waals surface area contributed by atoms with Crippen molar-refractivity contribution in [2.45, 2.75) is 62.3 Å². The number of sulfone groups is 1. The van der Waals surface area contributed by atoms with Crippen molar-refractivity contribution in [2.24, 2.45) is 0 Å². The van der Waals surface area contributed by atoms with E-state index in [9.17, 15) is 32.4 Å². The summed E-state index contributed by atoms with van der Waals surface area (Å²) in [5, 5.41) is 20.1. The summed E-state index contributed by atoms with van der Waals surface area (Å²) in [7, 11) is -4.57. The second-order valence-corrected chi connectivity index (χ2v) is 11.4. The van der Waals surface area contributed by atoms with E-state index in [-0.39, 0.29) is 29.1 Å². The molecule has 2 aromatic carbocycles. The van der Waals surface area contributed by atoms with Gasteiger partial charge in [0.1, 0.15) is 17.7 Å². The molecule has 0 radical (unpaired) electrons. The molecule has 2 aromatic heterocycles. The second kappa shape index (κ2) is 12.0. The molecule has 0 bridgehead atoms. The number of hydrogen-bond acceptors (Lipinski definition) is 7. The first-order valence-electron chi connectivity index (χ1n) is 13.1. The van der Waals surface area contributed by atoms with Crippen LogP contribution >= 0.6 is 0 Å². The first-order chi connectivity index (χ1) is 19.5. The smallest absolute Gasteiger partial charge is 0.277 e. The van der Waals surface area contributed by atoms with Gasteiger partial charge in [0.15, 0.2) is 4.90 Å². The van der Waals surface area contributed by atoms with Gasteiger partial charge < -0.3 is 5.11 Å². The Morgan fingerprint density at radius 3 is 2.44 bits per heavy atom. The lowest BCUT2D eigenvalue weighted by Gasteiger charge is -2.23. The van der Waals surface area contributed by atoms with E-state index < -0.39 is 44.0 Å². The molecule has 0 aliphatic rings. The van der Waals surface area contributed by atoms with Crippen LogP contribution < -0.4 is 5.56 Å². The van der Waals surface area contributed by atoms with Gasteiger partial charge in [-0.25, -0.2) is 17.8 Å². The lowest BCUT2D eigenvalue weighted by Crippen LogP contribution is -2.33. The summed E-state index contributed by atoms with van der Waals surface area (Å²) >= 11 is 0. The zero-order chi connectivity index (χ0) is 29.9. The zero-order valence-electron chi connectivity index (χ0n) is 22.7. The Hall–Kier alpha value is -4.43. The minimum Gasteiger partial charge on any atom is -0.492 e. The van der Waals surface area contributed by atoms with Crippen LogP contribution in [0.2, 0.25) is 0 Å². The third kappa shape index (κ3) is 5.60. The fraction of sp³-hybridized carbons (Fsp3) is 0.267. The van der Waals surface area contributed by atoms with Crippen molar-refractivity contribution in [1.82, 2.24) is 14.5 Å². The average molecular weight is 579 g/mol. The normalized spacial score (nSPS) is 12.2. The molecule has 0 fully saturated rings. The standard InChI is InChI=1S/C30H28F2N4O4S/c1-4-6-7-26-35-29(37)27(30(38)36(26)25(5-2)20-10-13-24(31)21(16-20)17-33)41(39,40)22-11-8-19(9-12-22)23-14-15-34-28(32)18(23)3/h8-16,25,37H,4-7H2,1-3H3/t25-/m0/s1. The first kappa shape index (κ1) is 29.6. The highest BCUT2D eigenvalue weighted by Gasteiger charge is 2.31. The van der Waals surface area contributed by atoms with Gasteiger partial charge in [-0.3, -0.25) is 9.36 Å². The van der Waals surface area contributed by atoms with E-state index in [2.05, 4.69) is 9.97 Å². The summed E-state index contributed by atoms with van der Waals surface area (Å²) in [4.78, 5) is 20.6. The molecule has 4 rings (SSSR count). The van der Waals surface area contributed by atoms with Crippen molar-refractivity contribution < 1.29 is 22.3 Å². The number of aryl methyl sites for hydroxylation is 1. The Morgan fingerprint density at radius 2 is 1.80 bits per heavy atom. The number of halogens is 2. The minimum absolute atomic E-state index is 0.175. The molecule has 1 atom stereocenters. The number of aromatic hydroxyl groups is 1. The van der Waals surface area contributed by atoms with E-state index in [0.717, 1.165) is 12.5 Å². The Balaban J connectivity index is 1.89. The highest BCUT2D eigenvalue weighted by atomic mass is 32.2. The van der Waals surface area contributed by atoms with E-state index in [1.807, 2.05) is 6.92 Å². The van der Waals surface area contributed by atoms with Crippen molar-refractivity contribution >= 4 is 9.84 Å². The van der Waals surface area contributed by atoms with E-state index in [0.29, 0.717) is 28.7 Å². The molecule has 0 spiro atoms. The van der Waals surface area contributed by atoms with Crippen molar-refractivity contribution in [1.29, 1.82) is 5.26 Å². The van der Waals surface area contributed by atoms with Gasteiger partial charge in [-0.2, -0.15) is 14.6 Å². The average Bonchev–Trinajstić information content (AvgIpc) is 2.95. The maximum Gasteiger partial charge on any atom is 0.277 e. The number of nitrogens with zero attached hydrogens (tertiary/aromatic N) is 4. The molecular weight excluding hydrogens is 550 g/mol. The van der Waals surface area contributed by atoms with E-state index >= 15 is 0 Å². The molecule has 0 aliphatic heterocycles. The van der Waals surface area contributed by atoms with Gasteiger partial charge in [0.2, 0.25) is 21.7 Å². The summed E-state index contributed by atoms with van der Waals surface area (Å²) in [5.41, 5.74) is 0.581. The topological polar surface area (TPSA) is 126 Å². The van der Waals surface area contributed by atoms with Crippen LogP contribution in [-0.4, -0.2) is 28.1 Å². The number of pyridine rings is 1. The summed E-state index contributed by atoms with van der Waals surface area (Å²) in [6.07, 6.45) is 3.23. The molecule has 0 aliphatic carbocycles. The van der Waals surface area contributed by atoms with Gasteiger partial charge in [-0.1, -0.05) is 38.5 Å². The molecule has 41 heavy (non-hydrogen) atoms. The maximum absolute atomic E-state index is 14.1. The number of aromatic nitrogens is 3. The lowest BCUT2D eigenvalue weighted by atomic mass is 10.0. The Kier molecular flexibility index (Phi) is 8.63. The number of unbranched alkanes of at least 4 members (excludes halogenated alkanes) is 1. The molecule has 1 N–H and O–H groups in total. The first-order valence-corrected chi connectivity index (χ1v) is 14.5. The largest absolute Gasteiger partial charge is 0.492 e. The van der Waals surface area contributed by atoms with Crippen molar-refractivity contribution in [3.63, 3.8) is 0 Å². The summed E-state index contributed by atoms with van der Waals surface area (Å²) in [5.74, 6) is -2.11. The molecule has 4 aromatic rings. The maximum atomic E-state index is 14.1. The van der Waals surface area contributed by atoms with Gasteiger partial charge in [0.05, 0.1) is 16.5 Å². The third-order valence-corrected chi connectivity index (χ3v) is 8.75. The van der Waals surface area contributed by atoms with Crippen LogP contribution in [0.1, 0.15) is 61.7 Å². The van der Waals surface area contributed by atoms with Crippen LogP contribution in [0.15, 0.2) is 69.3 Å². The molecular formula is C30H28F2N4O4S. The van der Waals surface area contributed by atoms with Gasteiger partial charge in [0.25, 0.3) is 5.56 Å². The summed E-state index contributed by atoms with van der Waals surface area (Å²) in [6, 6.07) is 12.0. The van der Waals surface area contributed by atoms with Crippen LogP contribution in [0.4, 0.5) is 8.78 Å². The van der Waals surface area contributed by atoms with Crippen LogP contribution in [0.25, 0.3) is 11.1 Å². The Morgan fingerprint density at radius 1 is 1.10 bits per heavy atom. The highest BCUT2D eigenvalue weighted by molar-refractivity contribution is 7.91. The van der Waals surface area contributed by atoms with Gasteiger partial charge in [0, 0.05) is 18.2 Å². The predicted octanol–water partition coefficient (Wildman–Crippen LogP) is 5.64. The van der Waals surface area contributed by atoms with Crippen molar-refractivity contribution in [3.8, 4) is 23.1 Å². The number of nitriles is 1. The van der Waals surface area contributed by atoms with E-state index in [1.54, 1.807) is 26.0 Å². The monoisotopic (exact) mass is 578 g/mol. The minimum atomic E-state index is -4.57. The van der Waals surface area contributed by atoms with Crippen molar-refractivity contribution in [2.75, 3.05) is 0 Å². The number of hydrogen-bond donors (Lipinski definition) is 1. The van der Waals surface area contributed by atoms with Crippen LogP contribution in [0.3, 0.4) is 0 Å². The van der Waals surface area contributed by atoms with Crippen LogP contribution in [0, 0.1) is 30.0 Å². The highest BCUT2D eigenvalue weighted by Crippen LogP contribution is 2.31.